The van der Waals surface area contributed by atoms with Gasteiger partial charge in [-0.2, -0.15) is 4.68 Å². The van der Waals surface area contributed by atoms with E-state index in [9.17, 15) is 0 Å². The van der Waals surface area contributed by atoms with Crippen LogP contribution in [0.5, 0.6) is 11.5 Å². The lowest BCUT2D eigenvalue weighted by Gasteiger charge is -2.25. The van der Waals surface area contributed by atoms with Crippen LogP contribution in [0.25, 0.3) is 5.69 Å². The molecular weight excluding hydrogens is 312 g/mol. The first-order valence-electron chi connectivity index (χ1n) is 7.25. The minimum absolute atomic E-state index is 0.0316. The highest BCUT2D eigenvalue weighted by molar-refractivity contribution is 7.99. The zero-order chi connectivity index (χ0) is 15.5. The molecule has 6 nitrogen and oxygen atoms in total. The van der Waals surface area contributed by atoms with Crippen molar-refractivity contribution < 1.29 is 9.47 Å². The van der Waals surface area contributed by atoms with Crippen LogP contribution in [-0.2, 0) is 0 Å². The van der Waals surface area contributed by atoms with Crippen molar-refractivity contribution in [1.82, 2.24) is 20.2 Å². The summed E-state index contributed by atoms with van der Waals surface area (Å²) in [5, 5.41) is 12.6. The van der Waals surface area contributed by atoms with Crippen molar-refractivity contribution in [3.63, 3.8) is 0 Å². The van der Waals surface area contributed by atoms with E-state index in [2.05, 4.69) is 15.5 Å². The highest BCUT2D eigenvalue weighted by atomic mass is 32.2. The SMILES string of the molecule is c1ccc(-n2nnnc2SC[C@@H]2COc3ccccc3O2)cc1. The van der Waals surface area contributed by atoms with E-state index in [4.69, 9.17) is 9.47 Å². The number of nitrogens with zero attached hydrogens (tertiary/aromatic N) is 4. The maximum Gasteiger partial charge on any atom is 0.214 e. The van der Waals surface area contributed by atoms with Crippen molar-refractivity contribution in [3.8, 4) is 17.2 Å². The summed E-state index contributed by atoms with van der Waals surface area (Å²) in [5.74, 6) is 2.29. The lowest BCUT2D eigenvalue weighted by Crippen LogP contribution is -2.31. The Hall–Kier alpha value is -2.54. The third-order valence-corrected chi connectivity index (χ3v) is 4.46. The van der Waals surface area contributed by atoms with Crippen LogP contribution in [0.15, 0.2) is 59.8 Å². The average Bonchev–Trinajstić information content (AvgIpc) is 3.09. The zero-order valence-electron chi connectivity index (χ0n) is 12.2. The Kier molecular flexibility index (Phi) is 3.85. The van der Waals surface area contributed by atoms with Crippen LogP contribution in [0.2, 0.25) is 0 Å². The van der Waals surface area contributed by atoms with Gasteiger partial charge >= 0.3 is 0 Å². The largest absolute Gasteiger partial charge is 0.486 e. The van der Waals surface area contributed by atoms with Gasteiger partial charge in [0.1, 0.15) is 12.7 Å². The molecule has 0 unspecified atom stereocenters. The number of para-hydroxylation sites is 3. The first-order valence-corrected chi connectivity index (χ1v) is 8.24. The molecular formula is C16H14N4O2S. The molecule has 1 aliphatic heterocycles. The third kappa shape index (κ3) is 3.00. The quantitative estimate of drug-likeness (QED) is 0.687. The van der Waals surface area contributed by atoms with Gasteiger partial charge in [0.05, 0.1) is 5.69 Å². The molecule has 2 aromatic carbocycles. The minimum Gasteiger partial charge on any atom is -0.486 e. The Balaban J connectivity index is 1.44. The highest BCUT2D eigenvalue weighted by Crippen LogP contribution is 2.32. The van der Waals surface area contributed by atoms with E-state index in [-0.39, 0.29) is 6.10 Å². The summed E-state index contributed by atoms with van der Waals surface area (Å²) in [4.78, 5) is 0. The van der Waals surface area contributed by atoms with Gasteiger partial charge in [-0.3, -0.25) is 0 Å². The van der Waals surface area contributed by atoms with Crippen LogP contribution in [-0.4, -0.2) is 38.7 Å². The van der Waals surface area contributed by atoms with Gasteiger partial charge in [-0.05, 0) is 34.7 Å². The fourth-order valence-corrected chi connectivity index (χ4v) is 3.17. The first-order chi connectivity index (χ1) is 11.4. The molecule has 0 N–H and O–H groups in total. The van der Waals surface area contributed by atoms with Crippen LogP contribution >= 0.6 is 11.8 Å². The number of tetrazole rings is 1. The monoisotopic (exact) mass is 326 g/mol. The number of rotatable bonds is 4. The molecule has 1 atom stereocenters. The van der Waals surface area contributed by atoms with Crippen LogP contribution in [0.3, 0.4) is 0 Å². The topological polar surface area (TPSA) is 62.1 Å². The second-order valence-electron chi connectivity index (χ2n) is 5.02. The van der Waals surface area contributed by atoms with Gasteiger partial charge in [0.25, 0.3) is 0 Å². The fourth-order valence-electron chi connectivity index (χ4n) is 2.31. The molecule has 0 aliphatic carbocycles. The Morgan fingerprint density at radius 1 is 1.04 bits per heavy atom. The Morgan fingerprint density at radius 2 is 1.83 bits per heavy atom. The molecule has 0 saturated heterocycles. The highest BCUT2D eigenvalue weighted by Gasteiger charge is 2.22. The molecule has 0 amide bonds. The van der Waals surface area contributed by atoms with Crippen molar-refractivity contribution in [2.45, 2.75) is 11.3 Å². The molecule has 4 rings (SSSR count). The molecule has 7 heteroatoms. The third-order valence-electron chi connectivity index (χ3n) is 3.41. The molecule has 1 aliphatic rings. The van der Waals surface area contributed by atoms with E-state index in [0.717, 1.165) is 22.3 Å². The molecule has 0 spiro atoms. The van der Waals surface area contributed by atoms with Crippen LogP contribution in [0.4, 0.5) is 0 Å². The normalized spacial score (nSPS) is 16.3. The lowest BCUT2D eigenvalue weighted by atomic mass is 10.3. The summed E-state index contributed by atoms with van der Waals surface area (Å²) in [6.45, 7) is 0.525. The molecule has 1 aromatic heterocycles. The van der Waals surface area contributed by atoms with E-state index in [0.29, 0.717) is 12.4 Å². The number of hydrogen-bond acceptors (Lipinski definition) is 6. The predicted octanol–water partition coefficient (Wildman–Crippen LogP) is 2.59. The van der Waals surface area contributed by atoms with Gasteiger partial charge in [0, 0.05) is 5.75 Å². The fraction of sp³-hybridized carbons (Fsp3) is 0.188. The van der Waals surface area contributed by atoms with Gasteiger partial charge in [-0.1, -0.05) is 42.1 Å². The van der Waals surface area contributed by atoms with Crippen LogP contribution in [0.1, 0.15) is 0 Å². The number of thioether (sulfide) groups is 1. The van der Waals surface area contributed by atoms with E-state index in [1.165, 1.54) is 0 Å². The van der Waals surface area contributed by atoms with Gasteiger partial charge in [-0.25, -0.2) is 0 Å². The molecule has 0 radical (unpaired) electrons. The molecule has 116 valence electrons. The van der Waals surface area contributed by atoms with Crippen molar-refractivity contribution >= 4 is 11.8 Å². The van der Waals surface area contributed by atoms with Crippen LogP contribution in [0, 0.1) is 0 Å². The number of fused-ring (bicyclic) bond motifs is 1. The summed E-state index contributed by atoms with van der Waals surface area (Å²) < 4.78 is 13.4. The van der Waals surface area contributed by atoms with E-state index in [1.54, 1.807) is 16.4 Å². The van der Waals surface area contributed by atoms with E-state index >= 15 is 0 Å². The van der Waals surface area contributed by atoms with Gasteiger partial charge < -0.3 is 9.47 Å². The Labute approximate surface area is 137 Å². The molecule has 2 heterocycles. The molecule has 3 aromatic rings. The molecule has 0 saturated carbocycles. The van der Waals surface area contributed by atoms with E-state index in [1.807, 2.05) is 54.6 Å². The summed E-state index contributed by atoms with van der Waals surface area (Å²) in [6.07, 6.45) is -0.0316. The molecule has 0 bridgehead atoms. The van der Waals surface area contributed by atoms with Gasteiger partial charge in [0.15, 0.2) is 11.5 Å². The minimum atomic E-state index is -0.0316. The van der Waals surface area contributed by atoms with Gasteiger partial charge in [-0.15, -0.1) is 5.10 Å². The smallest absolute Gasteiger partial charge is 0.214 e. The summed E-state index contributed by atoms with van der Waals surface area (Å²) >= 11 is 1.55. The molecule has 23 heavy (non-hydrogen) atoms. The van der Waals surface area contributed by atoms with Crippen molar-refractivity contribution in [3.05, 3.63) is 54.6 Å². The second kappa shape index (κ2) is 6.29. The Morgan fingerprint density at radius 3 is 2.70 bits per heavy atom. The maximum atomic E-state index is 5.95. The summed E-state index contributed by atoms with van der Waals surface area (Å²) in [6, 6.07) is 17.5. The molecule has 0 fully saturated rings. The maximum absolute atomic E-state index is 5.95. The number of ether oxygens (including phenoxy) is 2. The predicted molar refractivity (Wildman–Crippen MR) is 86.2 cm³/mol. The van der Waals surface area contributed by atoms with Crippen LogP contribution < -0.4 is 9.47 Å². The lowest BCUT2D eigenvalue weighted by molar-refractivity contribution is 0.107. The van der Waals surface area contributed by atoms with E-state index < -0.39 is 0 Å². The number of benzene rings is 2. The van der Waals surface area contributed by atoms with Gasteiger partial charge in [0.2, 0.25) is 5.16 Å². The van der Waals surface area contributed by atoms with Crippen molar-refractivity contribution in [2.75, 3.05) is 12.4 Å². The summed E-state index contributed by atoms with van der Waals surface area (Å²) in [7, 11) is 0. The van der Waals surface area contributed by atoms with Crippen molar-refractivity contribution in [1.29, 1.82) is 0 Å². The average molecular weight is 326 g/mol. The Bertz CT molecular complexity index is 794. The zero-order valence-corrected chi connectivity index (χ0v) is 13.0. The summed E-state index contributed by atoms with van der Waals surface area (Å²) in [5.41, 5.74) is 0.936. The second-order valence-corrected chi connectivity index (χ2v) is 6.00. The van der Waals surface area contributed by atoms with Crippen molar-refractivity contribution in [2.24, 2.45) is 0 Å². The number of hydrogen-bond donors (Lipinski definition) is 0. The number of aromatic nitrogens is 4. The standard InChI is InChI=1S/C16H14N4O2S/c1-2-6-12(7-3-1)20-16(17-18-19-20)23-11-13-10-21-14-8-4-5-9-15(14)22-13/h1-9,13H,10-11H2/t13-/m0/s1. The first kappa shape index (κ1) is 14.1.